The number of pyridine rings is 1. The molecule has 24 heavy (non-hydrogen) atoms. The van der Waals surface area contributed by atoms with Gasteiger partial charge >= 0.3 is 0 Å². The number of ketones is 1. The van der Waals surface area contributed by atoms with Crippen LogP contribution in [0.25, 0.3) is 22.4 Å². The van der Waals surface area contributed by atoms with Gasteiger partial charge in [0.2, 0.25) is 0 Å². The van der Waals surface area contributed by atoms with Crippen LogP contribution in [0.15, 0.2) is 58.7 Å². The van der Waals surface area contributed by atoms with Gasteiger partial charge in [0.1, 0.15) is 5.76 Å². The Morgan fingerprint density at radius 3 is 2.54 bits per heavy atom. The Labute approximate surface area is 154 Å². The second kappa shape index (κ2) is 9.16. The van der Waals surface area contributed by atoms with Gasteiger partial charge in [0.25, 0.3) is 0 Å². The first-order valence-electron chi connectivity index (χ1n) is 7.18. The van der Waals surface area contributed by atoms with E-state index in [0.29, 0.717) is 0 Å². The van der Waals surface area contributed by atoms with Gasteiger partial charge in [0, 0.05) is 32.2 Å². The maximum absolute atomic E-state index is 10.0. The van der Waals surface area contributed by atoms with Crippen LogP contribution in [0.3, 0.4) is 0 Å². The Balaban J connectivity index is 0.000000312. The molecular weight excluding hydrogens is 482 g/mol. The van der Waals surface area contributed by atoms with E-state index in [4.69, 9.17) is 9.52 Å². The normalized spacial score (nSPS) is 10.5. The molecule has 0 amide bonds. The van der Waals surface area contributed by atoms with E-state index in [1.807, 2.05) is 49.4 Å². The van der Waals surface area contributed by atoms with E-state index in [-0.39, 0.29) is 31.6 Å². The molecule has 3 aromatic rings. The maximum Gasteiger partial charge on any atom is 0.155 e. The van der Waals surface area contributed by atoms with Crippen LogP contribution in [-0.4, -0.2) is 15.9 Å². The van der Waals surface area contributed by atoms with E-state index >= 15 is 0 Å². The summed E-state index contributed by atoms with van der Waals surface area (Å²) >= 11 is 0. The SMILES string of the molecule is CC(=O)/C=C(/C)O.Cc1cc2nc(-c3[c-]cccc3)ccc2o1.[Ir]. The third kappa shape index (κ3) is 5.76. The first kappa shape index (κ1) is 19.8. The zero-order valence-corrected chi connectivity index (χ0v) is 16.1. The van der Waals surface area contributed by atoms with Crippen LogP contribution in [0.1, 0.15) is 19.6 Å². The number of allylic oxidation sites excluding steroid dienone is 2. The number of rotatable bonds is 2. The second-order valence-corrected chi connectivity index (χ2v) is 5.11. The molecule has 1 N–H and O–H groups in total. The van der Waals surface area contributed by atoms with Gasteiger partial charge in [-0.05, 0) is 32.5 Å². The molecule has 0 saturated carbocycles. The molecule has 0 aliphatic carbocycles. The molecule has 3 rings (SSSR count). The minimum Gasteiger partial charge on any atom is -0.512 e. The third-order valence-corrected chi connectivity index (χ3v) is 2.89. The summed E-state index contributed by atoms with van der Waals surface area (Å²) in [4.78, 5) is 14.6. The summed E-state index contributed by atoms with van der Waals surface area (Å²) in [5, 5.41) is 8.36. The molecule has 4 nitrogen and oxygen atoms in total. The monoisotopic (exact) mass is 501 g/mol. The largest absolute Gasteiger partial charge is 0.512 e. The topological polar surface area (TPSA) is 63.3 Å². The molecule has 127 valence electrons. The molecule has 2 aromatic heterocycles. The van der Waals surface area contributed by atoms with E-state index in [9.17, 15) is 4.79 Å². The minimum atomic E-state index is -0.125. The van der Waals surface area contributed by atoms with Gasteiger partial charge in [-0.1, -0.05) is 6.07 Å². The van der Waals surface area contributed by atoms with Crippen molar-refractivity contribution < 1.29 is 34.4 Å². The number of furan rings is 1. The number of carbonyl (C=O) groups excluding carboxylic acids is 1. The fraction of sp³-hybridized carbons (Fsp3) is 0.158. The number of aliphatic hydroxyl groups excluding tert-OH is 1. The second-order valence-electron chi connectivity index (χ2n) is 5.11. The van der Waals surface area contributed by atoms with Gasteiger partial charge < -0.3 is 9.52 Å². The molecule has 0 bridgehead atoms. The molecule has 5 heteroatoms. The van der Waals surface area contributed by atoms with Crippen LogP contribution < -0.4 is 0 Å². The summed E-state index contributed by atoms with van der Waals surface area (Å²) in [6, 6.07) is 16.8. The zero-order chi connectivity index (χ0) is 16.8. The number of nitrogens with zero attached hydrogens (tertiary/aromatic N) is 1. The van der Waals surface area contributed by atoms with Crippen LogP contribution in [0.2, 0.25) is 0 Å². The van der Waals surface area contributed by atoms with Crippen molar-refractivity contribution in [2.24, 2.45) is 0 Å². The number of hydrogen-bond donors (Lipinski definition) is 1. The minimum absolute atomic E-state index is 0. The molecule has 2 heterocycles. The fourth-order valence-electron chi connectivity index (χ4n) is 2.04. The Morgan fingerprint density at radius 1 is 1.25 bits per heavy atom. The average Bonchev–Trinajstić information content (AvgIpc) is 2.86. The number of aliphatic hydroxyl groups is 1. The number of fused-ring (bicyclic) bond motifs is 1. The van der Waals surface area contributed by atoms with E-state index in [2.05, 4.69) is 11.1 Å². The van der Waals surface area contributed by atoms with Crippen molar-refractivity contribution in [1.29, 1.82) is 0 Å². The molecule has 0 fully saturated rings. The van der Waals surface area contributed by atoms with E-state index in [0.717, 1.165) is 28.1 Å². The van der Waals surface area contributed by atoms with Crippen molar-refractivity contribution in [3.05, 3.63) is 66.1 Å². The van der Waals surface area contributed by atoms with Crippen LogP contribution in [-0.2, 0) is 24.9 Å². The predicted molar refractivity (Wildman–Crippen MR) is 90.1 cm³/mol. The quantitative estimate of drug-likeness (QED) is 0.316. The van der Waals surface area contributed by atoms with Gasteiger partial charge in [-0.25, -0.2) is 0 Å². The van der Waals surface area contributed by atoms with Crippen molar-refractivity contribution in [2.45, 2.75) is 20.8 Å². The number of hydrogen-bond acceptors (Lipinski definition) is 4. The standard InChI is InChI=1S/C14H10NO.C5H8O2.Ir/c1-10-9-13-14(16-10)8-7-12(15-13)11-5-3-2-4-6-11;1-4(6)3-5(2)7;/h2-5,7-9H,1H3;3,6H,1-2H3;/q-1;;/b;4-3-;. The van der Waals surface area contributed by atoms with Crippen molar-refractivity contribution in [1.82, 2.24) is 4.98 Å². The first-order chi connectivity index (χ1) is 11.0. The molecule has 1 radical (unpaired) electrons. The summed E-state index contributed by atoms with van der Waals surface area (Å²) in [6.45, 7) is 4.77. The molecule has 0 aliphatic heterocycles. The number of aromatic nitrogens is 1. The van der Waals surface area contributed by atoms with Gasteiger partial charge in [-0.2, -0.15) is 0 Å². The van der Waals surface area contributed by atoms with Crippen LogP contribution >= 0.6 is 0 Å². The Kier molecular flexibility index (Phi) is 7.56. The summed E-state index contributed by atoms with van der Waals surface area (Å²) in [6.07, 6.45) is 1.17. The number of benzene rings is 1. The van der Waals surface area contributed by atoms with E-state index < -0.39 is 0 Å². The summed E-state index contributed by atoms with van der Waals surface area (Å²) < 4.78 is 5.49. The van der Waals surface area contributed by atoms with Crippen molar-refractivity contribution in [3.8, 4) is 11.3 Å². The molecule has 0 aliphatic rings. The molecule has 0 unspecified atom stereocenters. The fourth-order valence-corrected chi connectivity index (χ4v) is 2.04. The molecule has 0 saturated heterocycles. The molecular formula is C19H18IrNO3-. The zero-order valence-electron chi connectivity index (χ0n) is 13.7. The van der Waals surface area contributed by atoms with Gasteiger partial charge in [0.05, 0.1) is 11.3 Å². The van der Waals surface area contributed by atoms with Gasteiger partial charge in [-0.15, -0.1) is 35.9 Å². The first-order valence-corrected chi connectivity index (χ1v) is 7.18. The van der Waals surface area contributed by atoms with Gasteiger partial charge in [-0.3, -0.25) is 9.78 Å². The molecule has 1 aromatic carbocycles. The van der Waals surface area contributed by atoms with Crippen molar-refractivity contribution in [3.63, 3.8) is 0 Å². The summed E-state index contributed by atoms with van der Waals surface area (Å²) in [5.74, 6) is 0.823. The Bertz CT molecular complexity index is 834. The summed E-state index contributed by atoms with van der Waals surface area (Å²) in [7, 11) is 0. The third-order valence-electron chi connectivity index (χ3n) is 2.89. The Morgan fingerprint density at radius 2 is 2.00 bits per heavy atom. The Hall–Kier alpha value is -2.23. The summed E-state index contributed by atoms with van der Waals surface area (Å²) in [5.41, 5.74) is 3.65. The van der Waals surface area contributed by atoms with E-state index in [1.165, 1.54) is 19.9 Å². The van der Waals surface area contributed by atoms with E-state index in [1.54, 1.807) is 0 Å². The average molecular weight is 501 g/mol. The van der Waals surface area contributed by atoms with Crippen molar-refractivity contribution in [2.75, 3.05) is 0 Å². The van der Waals surface area contributed by atoms with Crippen molar-refractivity contribution >= 4 is 16.9 Å². The van der Waals surface area contributed by atoms with Crippen LogP contribution in [0, 0.1) is 13.0 Å². The van der Waals surface area contributed by atoms with Crippen LogP contribution in [0.4, 0.5) is 0 Å². The molecule has 0 atom stereocenters. The van der Waals surface area contributed by atoms with Gasteiger partial charge in [0.15, 0.2) is 11.4 Å². The predicted octanol–water partition coefficient (Wildman–Crippen LogP) is 4.64. The maximum atomic E-state index is 10.0. The number of aryl methyl sites for hydroxylation is 1. The van der Waals surface area contributed by atoms with Crippen LogP contribution in [0.5, 0.6) is 0 Å². The number of carbonyl (C=O) groups is 1. The molecule has 0 spiro atoms. The smallest absolute Gasteiger partial charge is 0.155 e.